The van der Waals surface area contributed by atoms with E-state index >= 15 is 0 Å². The lowest BCUT2D eigenvalue weighted by atomic mass is 10.0. The second-order valence-electron chi connectivity index (χ2n) is 3.05. The third-order valence-electron chi connectivity index (χ3n) is 2.03. The molecule has 82 valence electrons. The smallest absolute Gasteiger partial charge is 0.345 e. The van der Waals surface area contributed by atoms with E-state index in [1.165, 1.54) is 13.0 Å². The molecule has 0 N–H and O–H groups in total. The second-order valence-corrected chi connectivity index (χ2v) is 3.05. The van der Waals surface area contributed by atoms with Gasteiger partial charge in [-0.05, 0) is 18.6 Å². The highest BCUT2D eigenvalue weighted by molar-refractivity contribution is 5.95. The van der Waals surface area contributed by atoms with Crippen LogP contribution in [0.1, 0.15) is 21.5 Å². The molecule has 16 heavy (non-hydrogen) atoms. The van der Waals surface area contributed by atoms with E-state index in [-0.39, 0.29) is 11.1 Å². The van der Waals surface area contributed by atoms with Crippen molar-refractivity contribution >= 4 is 11.7 Å². The van der Waals surface area contributed by atoms with Gasteiger partial charge < -0.3 is 4.74 Å². The Morgan fingerprint density at radius 3 is 2.62 bits per heavy atom. The Labute approximate surface area is 91.2 Å². The molecule has 0 aliphatic heterocycles. The fraction of sp³-hybridized carbons (Fsp3) is 0.200. The summed E-state index contributed by atoms with van der Waals surface area (Å²) in [4.78, 5) is 21.4. The maximum Gasteiger partial charge on any atom is 0.345 e. The van der Waals surface area contributed by atoms with Crippen LogP contribution >= 0.6 is 0 Å². The van der Waals surface area contributed by atoms with Crippen molar-refractivity contribution in [3.8, 4) is 6.07 Å². The van der Waals surface area contributed by atoms with E-state index < -0.39 is 16.6 Å². The Hall–Kier alpha value is -2.42. The Morgan fingerprint density at radius 1 is 1.56 bits per heavy atom. The maximum atomic E-state index is 11.3. The molecule has 0 unspecified atom stereocenters. The van der Waals surface area contributed by atoms with E-state index in [4.69, 9.17) is 5.26 Å². The van der Waals surface area contributed by atoms with E-state index in [9.17, 15) is 14.9 Å². The van der Waals surface area contributed by atoms with Crippen LogP contribution in [0.4, 0.5) is 5.69 Å². The van der Waals surface area contributed by atoms with Crippen LogP contribution in [0, 0.1) is 28.4 Å². The predicted molar refractivity (Wildman–Crippen MR) is 53.9 cm³/mol. The number of benzene rings is 1. The van der Waals surface area contributed by atoms with Crippen LogP contribution in [0.5, 0.6) is 0 Å². The molecule has 6 nitrogen and oxygen atoms in total. The van der Waals surface area contributed by atoms with Gasteiger partial charge in [-0.1, -0.05) is 0 Å². The highest BCUT2D eigenvalue weighted by Crippen LogP contribution is 2.24. The first-order valence-corrected chi connectivity index (χ1v) is 4.28. The number of hydrogen-bond acceptors (Lipinski definition) is 5. The van der Waals surface area contributed by atoms with E-state index in [1.807, 2.05) is 0 Å². The third-order valence-corrected chi connectivity index (χ3v) is 2.03. The van der Waals surface area contributed by atoms with Gasteiger partial charge in [0.05, 0.1) is 23.7 Å². The third kappa shape index (κ3) is 1.98. The minimum absolute atomic E-state index is 0.119. The summed E-state index contributed by atoms with van der Waals surface area (Å²) in [5.41, 5.74) is -0.0515. The average Bonchev–Trinajstić information content (AvgIpc) is 2.26. The molecule has 0 heterocycles. The van der Waals surface area contributed by atoms with E-state index in [2.05, 4.69) is 4.74 Å². The molecule has 0 saturated heterocycles. The molecule has 0 atom stereocenters. The molecule has 0 aliphatic rings. The van der Waals surface area contributed by atoms with Gasteiger partial charge in [0, 0.05) is 6.07 Å². The Morgan fingerprint density at radius 2 is 2.19 bits per heavy atom. The van der Waals surface area contributed by atoms with Gasteiger partial charge >= 0.3 is 5.97 Å². The number of nitrogens with zero attached hydrogens (tertiary/aromatic N) is 2. The molecular formula is C10H8N2O4. The zero-order valence-corrected chi connectivity index (χ0v) is 8.68. The largest absolute Gasteiger partial charge is 0.465 e. The summed E-state index contributed by atoms with van der Waals surface area (Å²) in [7, 11) is 1.14. The first kappa shape index (κ1) is 11.7. The number of methoxy groups -OCH3 is 1. The number of ether oxygens (including phenoxy) is 1. The molecule has 0 saturated carbocycles. The first-order valence-electron chi connectivity index (χ1n) is 4.28. The fourth-order valence-electron chi connectivity index (χ4n) is 1.34. The molecule has 0 bridgehead atoms. The summed E-state index contributed by atoms with van der Waals surface area (Å²) in [6.07, 6.45) is 0. The first-order chi connectivity index (χ1) is 7.51. The quantitative estimate of drug-likeness (QED) is 0.428. The van der Waals surface area contributed by atoms with Gasteiger partial charge in [-0.15, -0.1) is 0 Å². The van der Waals surface area contributed by atoms with Crippen molar-refractivity contribution in [2.24, 2.45) is 0 Å². The summed E-state index contributed by atoms with van der Waals surface area (Å²) in [6, 6.07) is 4.25. The second kappa shape index (κ2) is 4.40. The van der Waals surface area contributed by atoms with Crippen molar-refractivity contribution in [3.05, 3.63) is 38.9 Å². The van der Waals surface area contributed by atoms with Crippen molar-refractivity contribution < 1.29 is 14.5 Å². The predicted octanol–water partition coefficient (Wildman–Crippen LogP) is 1.56. The summed E-state index contributed by atoms with van der Waals surface area (Å²) >= 11 is 0. The van der Waals surface area contributed by atoms with Gasteiger partial charge in [0.1, 0.15) is 5.56 Å². The SMILES string of the molecule is COC(=O)c1c(C)cc(C#N)cc1[N+](=O)[O-]. The van der Waals surface area contributed by atoms with E-state index in [0.29, 0.717) is 5.56 Å². The van der Waals surface area contributed by atoms with Crippen molar-refractivity contribution in [3.63, 3.8) is 0 Å². The topological polar surface area (TPSA) is 93.2 Å². The number of hydrogen-bond donors (Lipinski definition) is 0. The molecule has 1 aromatic carbocycles. The minimum atomic E-state index is -0.784. The molecule has 0 amide bonds. The molecule has 0 aliphatic carbocycles. The standard InChI is InChI=1S/C10H8N2O4/c1-6-3-7(5-11)4-8(12(14)15)9(6)10(13)16-2/h3-4H,1-2H3. The van der Waals surface area contributed by atoms with Gasteiger partial charge in [0.2, 0.25) is 0 Å². The lowest BCUT2D eigenvalue weighted by Crippen LogP contribution is -2.08. The van der Waals surface area contributed by atoms with Crippen LogP contribution in [0.15, 0.2) is 12.1 Å². The molecule has 6 heteroatoms. The van der Waals surface area contributed by atoms with Gasteiger partial charge in [-0.2, -0.15) is 5.26 Å². The molecule has 0 fully saturated rings. The molecule has 0 spiro atoms. The summed E-state index contributed by atoms with van der Waals surface area (Å²) in [6.45, 7) is 1.51. The molecule has 0 radical (unpaired) electrons. The highest BCUT2D eigenvalue weighted by Gasteiger charge is 2.24. The number of nitro groups is 1. The van der Waals surface area contributed by atoms with Gasteiger partial charge in [-0.25, -0.2) is 4.79 Å². The summed E-state index contributed by atoms with van der Waals surface area (Å²) in [5.74, 6) is -0.784. The van der Waals surface area contributed by atoms with Gasteiger partial charge in [0.25, 0.3) is 5.69 Å². The van der Waals surface area contributed by atoms with Crippen molar-refractivity contribution in [1.82, 2.24) is 0 Å². The van der Waals surface area contributed by atoms with E-state index in [0.717, 1.165) is 13.2 Å². The maximum absolute atomic E-state index is 11.3. The number of rotatable bonds is 2. The fourth-order valence-corrected chi connectivity index (χ4v) is 1.34. The monoisotopic (exact) mass is 220 g/mol. The average molecular weight is 220 g/mol. The van der Waals surface area contributed by atoms with Crippen LogP contribution in [0.25, 0.3) is 0 Å². The number of nitriles is 1. The number of esters is 1. The lowest BCUT2D eigenvalue weighted by Gasteiger charge is -2.04. The van der Waals surface area contributed by atoms with Crippen LogP contribution < -0.4 is 0 Å². The number of carbonyl (C=O) groups is 1. The van der Waals surface area contributed by atoms with Crippen LogP contribution in [-0.2, 0) is 4.74 Å². The molecular weight excluding hydrogens is 212 g/mol. The molecule has 1 rings (SSSR count). The van der Waals surface area contributed by atoms with Crippen LogP contribution in [-0.4, -0.2) is 18.0 Å². The Bertz CT molecular complexity index is 502. The van der Waals surface area contributed by atoms with Gasteiger partial charge in [-0.3, -0.25) is 10.1 Å². The number of nitro benzene ring substituents is 1. The summed E-state index contributed by atoms with van der Waals surface area (Å²) in [5, 5.41) is 19.4. The minimum Gasteiger partial charge on any atom is -0.465 e. The Kier molecular flexibility index (Phi) is 3.20. The Balaban J connectivity index is 3.53. The zero-order chi connectivity index (χ0) is 12.3. The van der Waals surface area contributed by atoms with Crippen LogP contribution in [0.2, 0.25) is 0 Å². The van der Waals surface area contributed by atoms with Crippen LogP contribution in [0.3, 0.4) is 0 Å². The molecule has 1 aromatic rings. The van der Waals surface area contributed by atoms with E-state index in [1.54, 1.807) is 6.07 Å². The molecule has 0 aromatic heterocycles. The summed E-state index contributed by atoms with van der Waals surface area (Å²) < 4.78 is 4.46. The lowest BCUT2D eigenvalue weighted by molar-refractivity contribution is -0.385. The highest BCUT2D eigenvalue weighted by atomic mass is 16.6. The number of aryl methyl sites for hydroxylation is 1. The van der Waals surface area contributed by atoms with Crippen molar-refractivity contribution in [2.45, 2.75) is 6.92 Å². The zero-order valence-electron chi connectivity index (χ0n) is 8.68. The van der Waals surface area contributed by atoms with Crippen molar-refractivity contribution in [2.75, 3.05) is 7.11 Å². The van der Waals surface area contributed by atoms with Gasteiger partial charge in [0.15, 0.2) is 0 Å². The number of carbonyl (C=O) groups excluding carboxylic acids is 1. The van der Waals surface area contributed by atoms with Crippen molar-refractivity contribution in [1.29, 1.82) is 5.26 Å². The normalized spacial score (nSPS) is 9.31.